The molecule has 1 fully saturated rings. The Bertz CT molecular complexity index is 325. The van der Waals surface area contributed by atoms with E-state index >= 15 is 0 Å². The van der Waals surface area contributed by atoms with Gasteiger partial charge in [-0.3, -0.25) is 0 Å². The van der Waals surface area contributed by atoms with Gasteiger partial charge in [0.25, 0.3) is 0 Å². The van der Waals surface area contributed by atoms with Crippen molar-refractivity contribution in [1.29, 1.82) is 0 Å². The average Bonchev–Trinajstić information content (AvgIpc) is 2.21. The van der Waals surface area contributed by atoms with Gasteiger partial charge in [-0.05, 0) is 65.7 Å². The van der Waals surface area contributed by atoms with Crippen molar-refractivity contribution in [2.45, 2.75) is 98.6 Å². The lowest BCUT2D eigenvalue weighted by atomic mass is 9.69. The van der Waals surface area contributed by atoms with Crippen molar-refractivity contribution >= 4 is 0 Å². The molecule has 0 bridgehead atoms. The van der Waals surface area contributed by atoms with Crippen LogP contribution < -0.4 is 0 Å². The molecule has 0 saturated heterocycles. The SMILES string of the molecule is CC1CC(OOC(C)(C)C)CC(C)(C)C1OOC(C)(C)C. The molecule has 0 aromatic carbocycles. The molecule has 1 aliphatic rings. The first-order valence-electron chi connectivity index (χ1n) is 7.99. The zero-order valence-electron chi connectivity index (χ0n) is 15.3. The summed E-state index contributed by atoms with van der Waals surface area (Å²) in [5.41, 5.74) is -0.594. The van der Waals surface area contributed by atoms with Gasteiger partial charge in [-0.25, -0.2) is 19.6 Å². The molecular formula is C17H34O4. The first-order chi connectivity index (χ1) is 9.30. The van der Waals surface area contributed by atoms with Crippen LogP contribution in [0.4, 0.5) is 0 Å². The van der Waals surface area contributed by atoms with E-state index in [1.165, 1.54) is 0 Å². The highest BCUT2D eigenvalue weighted by atomic mass is 17.2. The van der Waals surface area contributed by atoms with E-state index in [1.54, 1.807) is 0 Å². The molecule has 0 aliphatic heterocycles. The summed E-state index contributed by atoms with van der Waals surface area (Å²) in [4.78, 5) is 22.5. The molecule has 1 rings (SSSR count). The van der Waals surface area contributed by atoms with Crippen molar-refractivity contribution in [3.8, 4) is 0 Å². The Morgan fingerprint density at radius 3 is 1.76 bits per heavy atom. The van der Waals surface area contributed by atoms with Crippen molar-refractivity contribution < 1.29 is 19.6 Å². The van der Waals surface area contributed by atoms with Crippen molar-refractivity contribution in [3.63, 3.8) is 0 Å². The van der Waals surface area contributed by atoms with E-state index in [0.29, 0.717) is 5.92 Å². The summed E-state index contributed by atoms with van der Waals surface area (Å²) >= 11 is 0. The maximum Gasteiger partial charge on any atom is 0.101 e. The molecule has 0 aromatic rings. The number of hydrogen-bond donors (Lipinski definition) is 0. The zero-order valence-corrected chi connectivity index (χ0v) is 15.3. The molecule has 0 N–H and O–H groups in total. The predicted molar refractivity (Wildman–Crippen MR) is 83.6 cm³/mol. The zero-order chi connectivity index (χ0) is 16.5. The van der Waals surface area contributed by atoms with Gasteiger partial charge in [-0.15, -0.1) is 0 Å². The minimum absolute atomic E-state index is 0.0190. The molecule has 3 unspecified atom stereocenters. The van der Waals surface area contributed by atoms with Gasteiger partial charge in [0.05, 0.1) is 17.3 Å². The highest BCUT2D eigenvalue weighted by molar-refractivity contribution is 4.91. The largest absolute Gasteiger partial charge is 0.233 e. The van der Waals surface area contributed by atoms with Crippen molar-refractivity contribution in [3.05, 3.63) is 0 Å². The molecule has 3 atom stereocenters. The highest BCUT2D eigenvalue weighted by Gasteiger charge is 2.44. The van der Waals surface area contributed by atoms with Crippen LogP contribution in [-0.2, 0) is 19.6 Å². The normalized spacial score (nSPS) is 30.4. The molecular weight excluding hydrogens is 268 g/mol. The second-order valence-electron chi connectivity index (χ2n) is 9.03. The van der Waals surface area contributed by atoms with E-state index in [9.17, 15) is 0 Å². The minimum atomic E-state index is -0.293. The molecule has 1 aliphatic carbocycles. The Labute approximate surface area is 130 Å². The third-order valence-corrected chi connectivity index (χ3v) is 3.51. The third kappa shape index (κ3) is 6.64. The molecule has 0 heterocycles. The van der Waals surface area contributed by atoms with Crippen LogP contribution >= 0.6 is 0 Å². The van der Waals surface area contributed by atoms with Crippen LogP contribution in [0.1, 0.15) is 75.2 Å². The Morgan fingerprint density at radius 1 is 0.857 bits per heavy atom. The molecule has 21 heavy (non-hydrogen) atoms. The summed E-state index contributed by atoms with van der Waals surface area (Å²) in [5, 5.41) is 0. The van der Waals surface area contributed by atoms with Crippen LogP contribution in [0.2, 0.25) is 0 Å². The van der Waals surface area contributed by atoms with E-state index < -0.39 is 0 Å². The van der Waals surface area contributed by atoms with Gasteiger partial charge in [0.15, 0.2) is 0 Å². The number of rotatable bonds is 4. The van der Waals surface area contributed by atoms with Crippen LogP contribution in [0.15, 0.2) is 0 Å². The summed E-state index contributed by atoms with van der Waals surface area (Å²) in [7, 11) is 0. The fourth-order valence-electron chi connectivity index (χ4n) is 2.80. The average molecular weight is 302 g/mol. The molecule has 126 valence electrons. The van der Waals surface area contributed by atoms with Gasteiger partial charge >= 0.3 is 0 Å². The molecule has 0 spiro atoms. The molecule has 4 heteroatoms. The standard InChI is InChI=1S/C17H34O4/c1-12-10-13(18-20-15(2,3)4)11-17(8,9)14(12)19-21-16(5,6)7/h12-14H,10-11H2,1-9H3. The predicted octanol–water partition coefficient (Wildman–Crippen LogP) is 4.67. The first-order valence-corrected chi connectivity index (χ1v) is 7.99. The van der Waals surface area contributed by atoms with E-state index in [2.05, 4.69) is 20.8 Å². The smallest absolute Gasteiger partial charge is 0.101 e. The Kier molecular flexibility index (Phi) is 5.87. The monoisotopic (exact) mass is 302 g/mol. The van der Waals surface area contributed by atoms with E-state index in [4.69, 9.17) is 19.6 Å². The van der Waals surface area contributed by atoms with Crippen molar-refractivity contribution in [1.82, 2.24) is 0 Å². The molecule has 0 amide bonds. The second kappa shape index (κ2) is 6.53. The van der Waals surface area contributed by atoms with Gasteiger partial charge in [-0.1, -0.05) is 20.8 Å². The summed E-state index contributed by atoms with van der Waals surface area (Å²) in [6.45, 7) is 18.6. The topological polar surface area (TPSA) is 36.9 Å². The van der Waals surface area contributed by atoms with E-state index in [0.717, 1.165) is 12.8 Å². The first kappa shape index (κ1) is 18.9. The lowest BCUT2D eigenvalue weighted by molar-refractivity contribution is -0.416. The van der Waals surface area contributed by atoms with Gasteiger partial charge in [0.2, 0.25) is 0 Å². The Balaban J connectivity index is 2.61. The van der Waals surface area contributed by atoms with Gasteiger partial charge in [0.1, 0.15) is 6.10 Å². The third-order valence-electron chi connectivity index (χ3n) is 3.51. The molecule has 0 radical (unpaired) electrons. The Morgan fingerprint density at radius 2 is 1.33 bits per heavy atom. The maximum absolute atomic E-state index is 5.77. The van der Waals surface area contributed by atoms with Crippen LogP contribution in [0.25, 0.3) is 0 Å². The van der Waals surface area contributed by atoms with Gasteiger partial charge in [-0.2, -0.15) is 0 Å². The highest BCUT2D eigenvalue weighted by Crippen LogP contribution is 2.42. The Hall–Kier alpha value is -0.160. The minimum Gasteiger partial charge on any atom is -0.233 e. The lowest BCUT2D eigenvalue weighted by Gasteiger charge is -2.45. The second-order valence-corrected chi connectivity index (χ2v) is 9.03. The summed E-state index contributed by atoms with van der Waals surface area (Å²) in [6.07, 6.45) is 1.97. The van der Waals surface area contributed by atoms with E-state index in [1.807, 2.05) is 41.5 Å². The van der Waals surface area contributed by atoms with Gasteiger partial charge in [0, 0.05) is 0 Å². The number of hydrogen-bond acceptors (Lipinski definition) is 4. The van der Waals surface area contributed by atoms with Crippen molar-refractivity contribution in [2.75, 3.05) is 0 Å². The molecule has 1 saturated carbocycles. The summed E-state index contributed by atoms with van der Waals surface area (Å²) in [6, 6.07) is 0. The van der Waals surface area contributed by atoms with E-state index in [-0.39, 0.29) is 28.8 Å². The maximum atomic E-state index is 5.77. The lowest BCUT2D eigenvalue weighted by Crippen LogP contribution is -2.47. The van der Waals surface area contributed by atoms with Crippen LogP contribution in [0, 0.1) is 11.3 Å². The van der Waals surface area contributed by atoms with Crippen LogP contribution in [-0.4, -0.2) is 23.4 Å². The summed E-state index contributed by atoms with van der Waals surface area (Å²) < 4.78 is 0. The summed E-state index contributed by atoms with van der Waals surface area (Å²) in [5.74, 6) is 0.352. The molecule has 0 aromatic heterocycles. The fourth-order valence-corrected chi connectivity index (χ4v) is 2.80. The quantitative estimate of drug-likeness (QED) is 0.558. The van der Waals surface area contributed by atoms with Crippen LogP contribution in [0.5, 0.6) is 0 Å². The molecule has 4 nitrogen and oxygen atoms in total. The van der Waals surface area contributed by atoms with Crippen LogP contribution in [0.3, 0.4) is 0 Å². The van der Waals surface area contributed by atoms with Gasteiger partial charge < -0.3 is 0 Å². The van der Waals surface area contributed by atoms with Crippen molar-refractivity contribution in [2.24, 2.45) is 11.3 Å². The fraction of sp³-hybridized carbons (Fsp3) is 1.00.